The molecular formula is C23H24N2S. The van der Waals surface area contributed by atoms with Gasteiger partial charge in [0, 0.05) is 6.54 Å². The molecule has 3 aromatic carbocycles. The number of hydrogen-bond donors (Lipinski definition) is 2. The molecule has 0 saturated carbocycles. The van der Waals surface area contributed by atoms with Gasteiger partial charge in [0.1, 0.15) is 0 Å². The van der Waals surface area contributed by atoms with Crippen molar-refractivity contribution < 1.29 is 0 Å². The second-order valence-electron chi connectivity index (χ2n) is 6.35. The SMILES string of the molecule is CC(NC(=S)NCCc1ccccc1)c1ccc(-c2ccccc2)cc1. The normalized spacial score (nSPS) is 11.6. The van der Waals surface area contributed by atoms with Gasteiger partial charge in [-0.15, -0.1) is 0 Å². The summed E-state index contributed by atoms with van der Waals surface area (Å²) in [5, 5.41) is 7.35. The van der Waals surface area contributed by atoms with E-state index in [2.05, 4.69) is 90.4 Å². The van der Waals surface area contributed by atoms with Gasteiger partial charge in [-0.1, -0.05) is 84.9 Å². The molecule has 1 atom stereocenters. The molecule has 0 aliphatic heterocycles. The van der Waals surface area contributed by atoms with Crippen LogP contribution in [0.1, 0.15) is 24.1 Å². The molecule has 3 heteroatoms. The zero-order valence-corrected chi connectivity index (χ0v) is 15.8. The third-order valence-electron chi connectivity index (χ3n) is 4.41. The van der Waals surface area contributed by atoms with Gasteiger partial charge in [0.2, 0.25) is 0 Å². The number of hydrogen-bond acceptors (Lipinski definition) is 1. The molecule has 0 saturated heterocycles. The van der Waals surface area contributed by atoms with Crippen LogP contribution in [0.3, 0.4) is 0 Å². The van der Waals surface area contributed by atoms with E-state index in [4.69, 9.17) is 12.2 Å². The van der Waals surface area contributed by atoms with E-state index in [9.17, 15) is 0 Å². The minimum Gasteiger partial charge on any atom is -0.362 e. The fourth-order valence-corrected chi connectivity index (χ4v) is 3.17. The van der Waals surface area contributed by atoms with Gasteiger partial charge < -0.3 is 10.6 Å². The summed E-state index contributed by atoms with van der Waals surface area (Å²) in [5.41, 5.74) is 4.99. The molecular weight excluding hydrogens is 336 g/mol. The Balaban J connectivity index is 1.49. The molecule has 0 fully saturated rings. The Bertz CT molecular complexity index is 814. The molecule has 1 unspecified atom stereocenters. The molecule has 3 rings (SSSR count). The Kier molecular flexibility index (Phi) is 6.39. The van der Waals surface area contributed by atoms with Crippen LogP contribution in [-0.4, -0.2) is 11.7 Å². The summed E-state index contributed by atoms with van der Waals surface area (Å²) >= 11 is 5.43. The summed E-state index contributed by atoms with van der Waals surface area (Å²) < 4.78 is 0. The van der Waals surface area contributed by atoms with Crippen LogP contribution in [-0.2, 0) is 6.42 Å². The second-order valence-corrected chi connectivity index (χ2v) is 6.75. The van der Waals surface area contributed by atoms with Crippen molar-refractivity contribution in [2.24, 2.45) is 0 Å². The van der Waals surface area contributed by atoms with Crippen molar-refractivity contribution >= 4 is 17.3 Å². The standard InChI is InChI=1S/C23H24N2S/c1-18(25-23(26)24-17-16-19-8-4-2-5-9-19)20-12-14-22(15-13-20)21-10-6-3-7-11-21/h2-15,18H,16-17H2,1H3,(H2,24,25,26). The van der Waals surface area contributed by atoms with Crippen molar-refractivity contribution in [1.82, 2.24) is 10.6 Å². The van der Waals surface area contributed by atoms with Gasteiger partial charge >= 0.3 is 0 Å². The average molecular weight is 361 g/mol. The minimum absolute atomic E-state index is 0.163. The first kappa shape index (κ1) is 18.2. The third-order valence-corrected chi connectivity index (χ3v) is 4.67. The minimum atomic E-state index is 0.163. The van der Waals surface area contributed by atoms with Crippen LogP contribution >= 0.6 is 12.2 Å². The molecule has 0 heterocycles. The molecule has 2 nitrogen and oxygen atoms in total. The highest BCUT2D eigenvalue weighted by Crippen LogP contribution is 2.21. The summed E-state index contributed by atoms with van der Waals surface area (Å²) in [6, 6.07) is 29.7. The Morgan fingerprint density at radius 2 is 1.38 bits per heavy atom. The van der Waals surface area contributed by atoms with Crippen molar-refractivity contribution in [1.29, 1.82) is 0 Å². The molecule has 132 valence electrons. The Morgan fingerprint density at radius 1 is 0.808 bits per heavy atom. The van der Waals surface area contributed by atoms with Gasteiger partial charge in [-0.05, 0) is 47.8 Å². The van der Waals surface area contributed by atoms with Gasteiger partial charge in [-0.2, -0.15) is 0 Å². The highest BCUT2D eigenvalue weighted by molar-refractivity contribution is 7.80. The van der Waals surface area contributed by atoms with E-state index in [1.807, 2.05) is 12.1 Å². The maximum absolute atomic E-state index is 5.43. The number of benzene rings is 3. The lowest BCUT2D eigenvalue weighted by molar-refractivity contribution is 0.697. The Hall–Kier alpha value is -2.65. The van der Waals surface area contributed by atoms with Crippen LogP contribution in [0, 0.1) is 0 Å². The summed E-state index contributed by atoms with van der Waals surface area (Å²) in [6.07, 6.45) is 0.961. The lowest BCUT2D eigenvalue weighted by Gasteiger charge is -2.18. The monoisotopic (exact) mass is 360 g/mol. The van der Waals surface area contributed by atoms with Gasteiger partial charge in [0.15, 0.2) is 5.11 Å². The lowest BCUT2D eigenvalue weighted by atomic mass is 10.0. The number of thiocarbonyl (C=S) groups is 1. The van der Waals surface area contributed by atoms with Gasteiger partial charge in [-0.25, -0.2) is 0 Å². The van der Waals surface area contributed by atoms with Gasteiger partial charge in [0.05, 0.1) is 6.04 Å². The fourth-order valence-electron chi connectivity index (χ4n) is 2.89. The van der Waals surface area contributed by atoms with Crippen LogP contribution in [0.2, 0.25) is 0 Å². The first-order chi connectivity index (χ1) is 12.7. The highest BCUT2D eigenvalue weighted by Gasteiger charge is 2.07. The van der Waals surface area contributed by atoms with Crippen molar-refractivity contribution in [3.8, 4) is 11.1 Å². The summed E-state index contributed by atoms with van der Waals surface area (Å²) in [4.78, 5) is 0. The molecule has 0 radical (unpaired) electrons. The molecule has 0 bridgehead atoms. The predicted molar refractivity (Wildman–Crippen MR) is 114 cm³/mol. The molecule has 2 N–H and O–H groups in total. The summed E-state index contributed by atoms with van der Waals surface area (Å²) in [7, 11) is 0. The molecule has 0 aliphatic rings. The van der Waals surface area contributed by atoms with E-state index in [1.165, 1.54) is 22.3 Å². The van der Waals surface area contributed by atoms with E-state index in [0.29, 0.717) is 5.11 Å². The zero-order valence-electron chi connectivity index (χ0n) is 15.0. The van der Waals surface area contributed by atoms with Crippen molar-refractivity contribution in [3.63, 3.8) is 0 Å². The van der Waals surface area contributed by atoms with E-state index in [1.54, 1.807) is 0 Å². The van der Waals surface area contributed by atoms with Crippen LogP contribution in [0.15, 0.2) is 84.9 Å². The van der Waals surface area contributed by atoms with E-state index in [0.717, 1.165) is 13.0 Å². The number of rotatable bonds is 6. The Morgan fingerprint density at radius 3 is 2.04 bits per heavy atom. The van der Waals surface area contributed by atoms with Crippen molar-refractivity contribution in [2.75, 3.05) is 6.54 Å². The predicted octanol–water partition coefficient (Wildman–Crippen LogP) is 5.12. The highest BCUT2D eigenvalue weighted by atomic mass is 32.1. The van der Waals surface area contributed by atoms with E-state index < -0.39 is 0 Å². The topological polar surface area (TPSA) is 24.1 Å². The smallest absolute Gasteiger partial charge is 0.166 e. The largest absolute Gasteiger partial charge is 0.362 e. The van der Waals surface area contributed by atoms with Crippen molar-refractivity contribution in [3.05, 3.63) is 96.1 Å². The molecule has 0 spiro atoms. The van der Waals surface area contributed by atoms with Crippen LogP contribution in [0.5, 0.6) is 0 Å². The molecule has 3 aromatic rings. The summed E-state index contributed by atoms with van der Waals surface area (Å²) in [6.45, 7) is 2.96. The zero-order chi connectivity index (χ0) is 18.2. The average Bonchev–Trinajstić information content (AvgIpc) is 2.69. The van der Waals surface area contributed by atoms with Crippen molar-refractivity contribution in [2.45, 2.75) is 19.4 Å². The number of nitrogens with one attached hydrogen (secondary N) is 2. The van der Waals surface area contributed by atoms with Crippen LogP contribution in [0.4, 0.5) is 0 Å². The van der Waals surface area contributed by atoms with Gasteiger partial charge in [-0.3, -0.25) is 0 Å². The van der Waals surface area contributed by atoms with E-state index >= 15 is 0 Å². The Labute approximate surface area is 161 Å². The first-order valence-corrected chi connectivity index (χ1v) is 9.37. The fraction of sp³-hybridized carbons (Fsp3) is 0.174. The van der Waals surface area contributed by atoms with Crippen LogP contribution in [0.25, 0.3) is 11.1 Å². The van der Waals surface area contributed by atoms with Gasteiger partial charge in [0.25, 0.3) is 0 Å². The maximum Gasteiger partial charge on any atom is 0.166 e. The maximum atomic E-state index is 5.43. The van der Waals surface area contributed by atoms with Crippen LogP contribution < -0.4 is 10.6 Å². The quantitative estimate of drug-likeness (QED) is 0.597. The molecule has 26 heavy (non-hydrogen) atoms. The third kappa shape index (κ3) is 5.17. The van der Waals surface area contributed by atoms with E-state index in [-0.39, 0.29) is 6.04 Å². The first-order valence-electron chi connectivity index (χ1n) is 8.96. The summed E-state index contributed by atoms with van der Waals surface area (Å²) in [5.74, 6) is 0. The molecule has 0 aliphatic carbocycles. The lowest BCUT2D eigenvalue weighted by Crippen LogP contribution is -2.37. The second kappa shape index (κ2) is 9.16. The molecule has 0 amide bonds. The molecule has 0 aromatic heterocycles.